The van der Waals surface area contributed by atoms with Gasteiger partial charge in [-0.3, -0.25) is 37.3 Å². The molecule has 0 saturated heterocycles. The summed E-state index contributed by atoms with van der Waals surface area (Å²) in [5.74, 6) is 0.347. The predicted octanol–water partition coefficient (Wildman–Crippen LogP) is 26.5. The molecule has 0 aromatic carbocycles. The SMILES string of the molecule is CCCCCCCCCCCCCCCC(=O)OC[C@H](COP(=O)(O)OC[C@H](O)COP(=O)(O)OC[C@@H](COC(=O)CCCCCCCCCCCCCCCCC(C)CC)OC(=O)CCCCCCCCCCCCCCCCCC(C)C)OC(=O)CCCCCCCCCCCCCCCCC(C)C. The predicted molar refractivity (Wildman–Crippen MR) is 437 cm³/mol. The average Bonchev–Trinajstić information content (AvgIpc) is 0.897. The molecule has 0 fully saturated rings. The number of phosphoric acid groups is 2. The van der Waals surface area contributed by atoms with Crippen molar-refractivity contribution in [2.24, 2.45) is 17.8 Å². The minimum atomic E-state index is -4.97. The smallest absolute Gasteiger partial charge is 0.462 e. The number of carbonyl (C=O) groups excluding carboxylic acids is 4. The lowest BCUT2D eigenvalue weighted by Gasteiger charge is -2.21. The van der Waals surface area contributed by atoms with Gasteiger partial charge in [0.25, 0.3) is 0 Å². The van der Waals surface area contributed by atoms with Crippen LogP contribution in [-0.4, -0.2) is 96.7 Å². The van der Waals surface area contributed by atoms with Gasteiger partial charge in [0.2, 0.25) is 0 Å². The van der Waals surface area contributed by atoms with E-state index < -0.39 is 97.5 Å². The Balaban J connectivity index is 5.27. The number of carbonyl (C=O) groups is 4. The minimum absolute atomic E-state index is 0.108. The summed E-state index contributed by atoms with van der Waals surface area (Å²) in [6, 6.07) is 0. The fourth-order valence-corrected chi connectivity index (χ4v) is 15.1. The maximum atomic E-state index is 13.2. The van der Waals surface area contributed by atoms with Crippen molar-refractivity contribution in [2.45, 2.75) is 478 Å². The molecule has 630 valence electrons. The van der Waals surface area contributed by atoms with Crippen molar-refractivity contribution in [3.63, 3.8) is 0 Å². The van der Waals surface area contributed by atoms with Crippen molar-refractivity contribution >= 4 is 39.5 Å². The number of hydrogen-bond acceptors (Lipinski definition) is 15. The molecule has 0 aliphatic carbocycles. The van der Waals surface area contributed by atoms with Gasteiger partial charge in [0.05, 0.1) is 26.4 Å². The molecular formula is C87H170O17P2. The second kappa shape index (κ2) is 77.0. The topological polar surface area (TPSA) is 237 Å². The van der Waals surface area contributed by atoms with Crippen molar-refractivity contribution in [3.8, 4) is 0 Å². The number of aliphatic hydroxyl groups excluding tert-OH is 1. The normalized spacial score (nSPS) is 14.1. The first kappa shape index (κ1) is 104. The van der Waals surface area contributed by atoms with E-state index in [0.29, 0.717) is 25.7 Å². The molecular weight excluding hydrogens is 1380 g/mol. The first-order valence-electron chi connectivity index (χ1n) is 44.9. The molecule has 6 atom stereocenters. The Morgan fingerprint density at radius 3 is 0.717 bits per heavy atom. The summed E-state index contributed by atoms with van der Waals surface area (Å²) in [5.41, 5.74) is 0. The first-order valence-corrected chi connectivity index (χ1v) is 47.9. The lowest BCUT2D eigenvalue weighted by Crippen LogP contribution is -2.30. The van der Waals surface area contributed by atoms with E-state index in [9.17, 15) is 43.2 Å². The van der Waals surface area contributed by atoms with Crippen LogP contribution in [0.4, 0.5) is 0 Å². The van der Waals surface area contributed by atoms with Crippen LogP contribution >= 0.6 is 15.6 Å². The maximum absolute atomic E-state index is 13.2. The van der Waals surface area contributed by atoms with Crippen LogP contribution in [0.3, 0.4) is 0 Å². The molecule has 0 rings (SSSR count). The number of phosphoric ester groups is 2. The van der Waals surface area contributed by atoms with E-state index in [1.165, 1.54) is 270 Å². The highest BCUT2D eigenvalue weighted by Gasteiger charge is 2.31. The molecule has 19 heteroatoms. The van der Waals surface area contributed by atoms with Gasteiger partial charge < -0.3 is 33.8 Å². The summed E-state index contributed by atoms with van der Waals surface area (Å²) in [6.45, 7) is 12.1. The average molecular weight is 1550 g/mol. The molecule has 0 aromatic rings. The van der Waals surface area contributed by atoms with Crippen LogP contribution in [0.5, 0.6) is 0 Å². The number of ether oxygens (including phenoxy) is 4. The number of hydrogen-bond donors (Lipinski definition) is 3. The highest BCUT2D eigenvalue weighted by atomic mass is 31.2. The van der Waals surface area contributed by atoms with E-state index in [0.717, 1.165) is 108 Å². The molecule has 0 bridgehead atoms. The zero-order chi connectivity index (χ0) is 77.9. The van der Waals surface area contributed by atoms with Crippen LogP contribution in [0.25, 0.3) is 0 Å². The number of esters is 4. The Labute approximate surface area is 651 Å². The molecule has 3 N–H and O–H groups in total. The van der Waals surface area contributed by atoms with Gasteiger partial charge >= 0.3 is 39.5 Å². The van der Waals surface area contributed by atoms with Crippen molar-refractivity contribution < 1.29 is 80.2 Å². The van der Waals surface area contributed by atoms with E-state index in [-0.39, 0.29) is 25.7 Å². The first-order chi connectivity index (χ1) is 51.3. The summed E-state index contributed by atoms with van der Waals surface area (Å²) in [5, 5.41) is 10.7. The molecule has 0 aromatic heterocycles. The minimum Gasteiger partial charge on any atom is -0.462 e. The van der Waals surface area contributed by atoms with Crippen molar-refractivity contribution in [1.29, 1.82) is 0 Å². The van der Waals surface area contributed by atoms with Gasteiger partial charge in [0, 0.05) is 25.7 Å². The van der Waals surface area contributed by atoms with Gasteiger partial charge in [-0.2, -0.15) is 0 Å². The quantitative estimate of drug-likeness (QED) is 0.0222. The molecule has 17 nitrogen and oxygen atoms in total. The van der Waals surface area contributed by atoms with E-state index in [1.54, 1.807) is 0 Å². The monoisotopic (exact) mass is 1550 g/mol. The third kappa shape index (κ3) is 78.7. The molecule has 0 aliphatic heterocycles. The van der Waals surface area contributed by atoms with Crippen LogP contribution in [0.2, 0.25) is 0 Å². The Bertz CT molecular complexity index is 2050. The third-order valence-corrected chi connectivity index (χ3v) is 22.6. The molecule has 0 spiro atoms. The second-order valence-electron chi connectivity index (χ2n) is 32.5. The van der Waals surface area contributed by atoms with Crippen molar-refractivity contribution in [1.82, 2.24) is 0 Å². The maximum Gasteiger partial charge on any atom is 0.472 e. The molecule has 0 heterocycles. The van der Waals surface area contributed by atoms with E-state index in [4.69, 9.17) is 37.0 Å². The second-order valence-corrected chi connectivity index (χ2v) is 35.4. The van der Waals surface area contributed by atoms with Crippen LogP contribution in [0.1, 0.15) is 459 Å². The fourth-order valence-electron chi connectivity index (χ4n) is 13.5. The van der Waals surface area contributed by atoms with Gasteiger partial charge in [-0.25, -0.2) is 9.13 Å². The summed E-state index contributed by atoms with van der Waals surface area (Å²) >= 11 is 0. The van der Waals surface area contributed by atoms with Gasteiger partial charge in [-0.15, -0.1) is 0 Å². The van der Waals surface area contributed by atoms with Crippen molar-refractivity contribution in [2.75, 3.05) is 39.6 Å². The molecule has 0 saturated carbocycles. The Kier molecular flexibility index (Phi) is 75.6. The summed E-state index contributed by atoms with van der Waals surface area (Å²) < 4.78 is 69.0. The molecule has 0 radical (unpaired) electrons. The van der Waals surface area contributed by atoms with E-state index in [2.05, 4.69) is 48.5 Å². The van der Waals surface area contributed by atoms with E-state index in [1.807, 2.05) is 0 Å². The highest BCUT2D eigenvalue weighted by Crippen LogP contribution is 2.45. The largest absolute Gasteiger partial charge is 0.472 e. The molecule has 106 heavy (non-hydrogen) atoms. The van der Waals surface area contributed by atoms with Crippen LogP contribution in [-0.2, 0) is 65.4 Å². The zero-order valence-corrected chi connectivity index (χ0v) is 71.7. The van der Waals surface area contributed by atoms with E-state index >= 15 is 0 Å². The molecule has 0 aliphatic rings. The van der Waals surface area contributed by atoms with Gasteiger partial charge in [0.1, 0.15) is 19.3 Å². The Morgan fingerprint density at radius 2 is 0.481 bits per heavy atom. The molecule has 0 amide bonds. The number of rotatable bonds is 85. The summed E-state index contributed by atoms with van der Waals surface area (Å²) in [6.07, 6.45) is 67.8. The fraction of sp³-hybridized carbons (Fsp3) is 0.954. The highest BCUT2D eigenvalue weighted by molar-refractivity contribution is 7.47. The van der Waals surface area contributed by atoms with Gasteiger partial charge in [0.15, 0.2) is 12.2 Å². The Morgan fingerprint density at radius 1 is 0.274 bits per heavy atom. The standard InChI is InChI=1S/C87H170O17P2/c1-8-10-11-12-13-14-15-23-33-40-47-54-61-68-84(89)97-74-82(104-87(92)71-64-57-50-43-36-29-21-19-25-31-38-45-52-59-66-79(5)6)76-101-105(93,94)99-72-81(88)73-100-106(95,96)102-77-83(103-86(91)70-63-56-49-42-35-28-18-16-17-24-30-37-44-51-58-65-78(3)4)75-98-85(90)69-62-55-48-41-34-27-22-20-26-32-39-46-53-60-67-80(7)9-2/h78-83,88H,8-77H2,1-7H3,(H,93,94)(H,95,96)/t80?,81-,82+,83+/m0/s1. The molecule has 3 unspecified atom stereocenters. The van der Waals surface area contributed by atoms with Gasteiger partial charge in [-0.05, 0) is 43.4 Å². The lowest BCUT2D eigenvalue weighted by atomic mass is 9.99. The third-order valence-electron chi connectivity index (χ3n) is 20.7. The number of unbranched alkanes of at least 4 members (excludes halogenated alkanes) is 52. The van der Waals surface area contributed by atoms with Crippen LogP contribution in [0.15, 0.2) is 0 Å². The zero-order valence-electron chi connectivity index (χ0n) is 69.9. The van der Waals surface area contributed by atoms with Crippen molar-refractivity contribution in [3.05, 3.63) is 0 Å². The summed E-state index contributed by atoms with van der Waals surface area (Å²) in [7, 11) is -9.93. The van der Waals surface area contributed by atoms with Gasteiger partial charge in [-0.1, -0.05) is 408 Å². The Hall–Kier alpha value is -1.94. The summed E-state index contributed by atoms with van der Waals surface area (Å²) in [4.78, 5) is 73.3. The lowest BCUT2D eigenvalue weighted by molar-refractivity contribution is -0.161. The van der Waals surface area contributed by atoms with Crippen LogP contribution in [0, 0.1) is 17.8 Å². The number of aliphatic hydroxyl groups is 1. The van der Waals surface area contributed by atoms with Crippen LogP contribution < -0.4 is 0 Å².